The van der Waals surface area contributed by atoms with Gasteiger partial charge in [0.2, 0.25) is 0 Å². The molecule has 1 aliphatic carbocycles. The van der Waals surface area contributed by atoms with Crippen molar-refractivity contribution in [2.24, 2.45) is 0 Å². The largest absolute Gasteiger partial charge is 0.0622 e. The van der Waals surface area contributed by atoms with Crippen molar-refractivity contribution in [1.29, 1.82) is 0 Å². The second-order valence-corrected chi connectivity index (χ2v) is 6.80. The molecule has 3 rings (SSSR count). The van der Waals surface area contributed by atoms with Crippen LogP contribution in [0.4, 0.5) is 0 Å². The number of hydrogen-bond acceptors (Lipinski definition) is 0. The fourth-order valence-electron chi connectivity index (χ4n) is 3.66. The maximum Gasteiger partial charge on any atom is -0.00752 e. The van der Waals surface area contributed by atoms with Crippen LogP contribution in [-0.2, 0) is 18.3 Å². The van der Waals surface area contributed by atoms with Crippen molar-refractivity contribution in [2.75, 3.05) is 0 Å². The number of rotatable bonds is 5. The molecular weight excluding hydrogens is 252 g/mol. The van der Waals surface area contributed by atoms with Gasteiger partial charge in [0.25, 0.3) is 0 Å². The normalized spacial score (nSPS) is 17.0. The minimum atomic E-state index is 0.447. The first-order valence-corrected chi connectivity index (χ1v) is 8.40. The predicted octanol–water partition coefficient (Wildman–Crippen LogP) is 5.69. The first kappa shape index (κ1) is 14.4. The zero-order chi connectivity index (χ0) is 14.5. The van der Waals surface area contributed by atoms with Gasteiger partial charge in [0.15, 0.2) is 0 Å². The van der Waals surface area contributed by atoms with E-state index in [-0.39, 0.29) is 0 Å². The molecule has 1 saturated carbocycles. The fraction of sp³-hybridized carbons (Fsp3) is 0.429. The molecule has 0 heterocycles. The molecule has 110 valence electrons. The number of aryl methyl sites for hydroxylation is 2. The highest BCUT2D eigenvalue weighted by Crippen LogP contribution is 2.40. The quantitative estimate of drug-likeness (QED) is 0.658. The monoisotopic (exact) mass is 278 g/mol. The highest BCUT2D eigenvalue weighted by molar-refractivity contribution is 5.29. The summed E-state index contributed by atoms with van der Waals surface area (Å²) >= 11 is 0. The molecule has 0 nitrogen and oxygen atoms in total. The Hall–Kier alpha value is -1.56. The smallest absolute Gasteiger partial charge is 0.00752 e. The molecule has 0 radical (unpaired) electrons. The van der Waals surface area contributed by atoms with E-state index in [2.05, 4.69) is 61.5 Å². The predicted molar refractivity (Wildman–Crippen MR) is 90.7 cm³/mol. The van der Waals surface area contributed by atoms with Crippen molar-refractivity contribution in [3.63, 3.8) is 0 Å². The van der Waals surface area contributed by atoms with Gasteiger partial charge in [0.05, 0.1) is 0 Å². The molecule has 0 bridgehead atoms. The Morgan fingerprint density at radius 2 is 1.33 bits per heavy atom. The Bertz CT molecular complexity index is 544. The summed E-state index contributed by atoms with van der Waals surface area (Å²) in [4.78, 5) is 0. The van der Waals surface area contributed by atoms with E-state index in [1.807, 2.05) is 0 Å². The van der Waals surface area contributed by atoms with Crippen LogP contribution in [0, 0.1) is 0 Å². The van der Waals surface area contributed by atoms with Crippen LogP contribution in [0.25, 0.3) is 0 Å². The highest BCUT2D eigenvalue weighted by Gasteiger charge is 2.30. The second kappa shape index (κ2) is 6.47. The topological polar surface area (TPSA) is 0 Å². The molecule has 1 aliphatic rings. The summed E-state index contributed by atoms with van der Waals surface area (Å²) < 4.78 is 0. The highest BCUT2D eigenvalue weighted by atomic mass is 14.3. The Labute approximate surface area is 129 Å². The van der Waals surface area contributed by atoms with E-state index < -0.39 is 0 Å². The van der Waals surface area contributed by atoms with Gasteiger partial charge in [-0.3, -0.25) is 0 Å². The van der Waals surface area contributed by atoms with Crippen LogP contribution < -0.4 is 0 Å². The summed E-state index contributed by atoms with van der Waals surface area (Å²) in [7, 11) is 0. The standard InChI is InChI=1S/C21H26/c1-21(16-5-6-17-21)20-14-12-19(13-15-20)11-7-10-18-8-3-2-4-9-18/h2-4,8-9,12-15H,5-7,10-11,16-17H2,1H3. The number of hydrogen-bond donors (Lipinski definition) is 0. The summed E-state index contributed by atoms with van der Waals surface area (Å²) in [6.45, 7) is 2.43. The molecule has 0 atom stereocenters. The minimum absolute atomic E-state index is 0.447. The summed E-state index contributed by atoms with van der Waals surface area (Å²) in [5.41, 5.74) is 4.93. The third-order valence-electron chi connectivity index (χ3n) is 5.13. The molecule has 0 unspecified atom stereocenters. The third kappa shape index (κ3) is 3.56. The third-order valence-corrected chi connectivity index (χ3v) is 5.13. The van der Waals surface area contributed by atoms with Crippen molar-refractivity contribution in [3.8, 4) is 0 Å². The molecule has 0 heteroatoms. The zero-order valence-corrected chi connectivity index (χ0v) is 13.1. The molecule has 0 aliphatic heterocycles. The van der Waals surface area contributed by atoms with Crippen LogP contribution in [0.5, 0.6) is 0 Å². The lowest BCUT2D eigenvalue weighted by molar-refractivity contribution is 0.491. The maximum absolute atomic E-state index is 2.43. The van der Waals surface area contributed by atoms with Gasteiger partial charge >= 0.3 is 0 Å². The molecule has 1 fully saturated rings. The van der Waals surface area contributed by atoms with E-state index in [1.165, 1.54) is 56.1 Å². The molecule has 0 amide bonds. The average molecular weight is 278 g/mol. The molecule has 0 saturated heterocycles. The Morgan fingerprint density at radius 1 is 0.762 bits per heavy atom. The summed E-state index contributed by atoms with van der Waals surface area (Å²) in [5.74, 6) is 0. The molecule has 0 aromatic heterocycles. The summed E-state index contributed by atoms with van der Waals surface area (Å²) in [6.07, 6.45) is 9.12. The average Bonchev–Trinajstić information content (AvgIpc) is 2.97. The molecule has 0 spiro atoms. The van der Waals surface area contributed by atoms with Crippen LogP contribution in [0.2, 0.25) is 0 Å². The maximum atomic E-state index is 2.43. The molecule has 2 aromatic rings. The Balaban J connectivity index is 1.55. The van der Waals surface area contributed by atoms with Crippen molar-refractivity contribution in [2.45, 2.75) is 57.3 Å². The van der Waals surface area contributed by atoms with Gasteiger partial charge in [-0.1, -0.05) is 74.4 Å². The fourth-order valence-corrected chi connectivity index (χ4v) is 3.66. The molecule has 0 N–H and O–H groups in total. The zero-order valence-electron chi connectivity index (χ0n) is 13.1. The minimum Gasteiger partial charge on any atom is -0.0622 e. The lowest BCUT2D eigenvalue weighted by atomic mass is 9.81. The van der Waals surface area contributed by atoms with Gasteiger partial charge in [-0.05, 0) is 54.2 Å². The Kier molecular flexibility index (Phi) is 4.43. The van der Waals surface area contributed by atoms with Crippen LogP contribution >= 0.6 is 0 Å². The van der Waals surface area contributed by atoms with Gasteiger partial charge in [-0.25, -0.2) is 0 Å². The summed E-state index contributed by atoms with van der Waals surface area (Å²) in [5, 5.41) is 0. The van der Waals surface area contributed by atoms with Gasteiger partial charge in [0, 0.05) is 0 Å². The van der Waals surface area contributed by atoms with E-state index in [0.29, 0.717) is 5.41 Å². The van der Waals surface area contributed by atoms with Gasteiger partial charge in [0.1, 0.15) is 0 Å². The lowest BCUT2D eigenvalue weighted by Gasteiger charge is -2.24. The van der Waals surface area contributed by atoms with Gasteiger partial charge in [-0.15, -0.1) is 0 Å². The van der Waals surface area contributed by atoms with Gasteiger partial charge in [-0.2, -0.15) is 0 Å². The first-order chi connectivity index (χ1) is 10.3. The SMILES string of the molecule is CC1(c2ccc(CCCc3ccccc3)cc2)CCCC1. The van der Waals surface area contributed by atoms with Gasteiger partial charge < -0.3 is 0 Å². The molecule has 2 aromatic carbocycles. The molecular formula is C21H26. The second-order valence-electron chi connectivity index (χ2n) is 6.80. The van der Waals surface area contributed by atoms with Crippen molar-refractivity contribution >= 4 is 0 Å². The van der Waals surface area contributed by atoms with E-state index in [1.54, 1.807) is 5.56 Å². The van der Waals surface area contributed by atoms with E-state index in [4.69, 9.17) is 0 Å². The molecule has 21 heavy (non-hydrogen) atoms. The van der Waals surface area contributed by atoms with Crippen LogP contribution in [0.1, 0.15) is 55.7 Å². The lowest BCUT2D eigenvalue weighted by Crippen LogP contribution is -2.16. The van der Waals surface area contributed by atoms with E-state index in [0.717, 1.165) is 0 Å². The van der Waals surface area contributed by atoms with Crippen molar-refractivity contribution in [3.05, 3.63) is 71.3 Å². The van der Waals surface area contributed by atoms with E-state index in [9.17, 15) is 0 Å². The van der Waals surface area contributed by atoms with E-state index >= 15 is 0 Å². The van der Waals surface area contributed by atoms with Crippen LogP contribution in [-0.4, -0.2) is 0 Å². The first-order valence-electron chi connectivity index (χ1n) is 8.40. The number of benzene rings is 2. The van der Waals surface area contributed by atoms with Crippen LogP contribution in [0.3, 0.4) is 0 Å². The van der Waals surface area contributed by atoms with Crippen LogP contribution in [0.15, 0.2) is 54.6 Å². The van der Waals surface area contributed by atoms with Crippen molar-refractivity contribution < 1.29 is 0 Å². The summed E-state index contributed by atoms with van der Waals surface area (Å²) in [6, 6.07) is 20.3. The van der Waals surface area contributed by atoms with Crippen molar-refractivity contribution in [1.82, 2.24) is 0 Å². The Morgan fingerprint density at radius 3 is 1.95 bits per heavy atom.